The smallest absolute Gasteiger partial charge is 0.229 e. The third-order valence-electron chi connectivity index (χ3n) is 3.86. The van der Waals surface area contributed by atoms with E-state index in [9.17, 15) is 4.79 Å². The Bertz CT molecular complexity index is 624. The van der Waals surface area contributed by atoms with Gasteiger partial charge in [0, 0.05) is 29.9 Å². The lowest BCUT2D eigenvalue weighted by atomic mass is 10.1. The molecule has 2 heterocycles. The lowest BCUT2D eigenvalue weighted by molar-refractivity contribution is -0.133. The molecule has 0 saturated heterocycles. The Morgan fingerprint density at radius 3 is 2.55 bits per heavy atom. The predicted molar refractivity (Wildman–Crippen MR) is 89.8 cm³/mol. The third kappa shape index (κ3) is 4.13. The van der Waals surface area contributed by atoms with Crippen LogP contribution in [0.15, 0.2) is 24.5 Å². The highest BCUT2D eigenvalue weighted by atomic mass is 32.1. The molecule has 22 heavy (non-hydrogen) atoms. The quantitative estimate of drug-likeness (QED) is 0.819. The molecule has 2 rings (SSSR count). The number of pyridine rings is 1. The minimum Gasteiger partial charge on any atom is -0.335 e. The van der Waals surface area contributed by atoms with Crippen LogP contribution in [-0.2, 0) is 17.8 Å². The average molecular weight is 317 g/mol. The van der Waals surface area contributed by atoms with Crippen LogP contribution in [0.2, 0.25) is 0 Å². The van der Waals surface area contributed by atoms with Crippen molar-refractivity contribution in [1.82, 2.24) is 14.9 Å². The monoisotopic (exact) mass is 317 g/mol. The summed E-state index contributed by atoms with van der Waals surface area (Å²) in [6.07, 6.45) is 4.85. The number of carbonyl (C=O) groups is 1. The van der Waals surface area contributed by atoms with Gasteiger partial charge in [0.1, 0.15) is 0 Å². The number of hydrogen-bond donors (Lipinski definition) is 0. The second-order valence-electron chi connectivity index (χ2n) is 5.55. The highest BCUT2D eigenvalue weighted by Crippen LogP contribution is 2.19. The third-order valence-corrected chi connectivity index (χ3v) is 4.79. The largest absolute Gasteiger partial charge is 0.335 e. The van der Waals surface area contributed by atoms with E-state index in [0.717, 1.165) is 27.6 Å². The molecule has 1 unspecified atom stereocenters. The molecule has 0 N–H and O–H groups in total. The van der Waals surface area contributed by atoms with Crippen molar-refractivity contribution < 1.29 is 4.79 Å². The molecule has 1 amide bonds. The van der Waals surface area contributed by atoms with E-state index in [2.05, 4.69) is 23.8 Å². The van der Waals surface area contributed by atoms with Gasteiger partial charge in [0.15, 0.2) is 0 Å². The Balaban J connectivity index is 2.14. The molecule has 0 aliphatic rings. The van der Waals surface area contributed by atoms with Crippen molar-refractivity contribution in [2.75, 3.05) is 0 Å². The summed E-state index contributed by atoms with van der Waals surface area (Å²) in [4.78, 5) is 24.4. The lowest BCUT2D eigenvalue weighted by Crippen LogP contribution is -2.38. The molecular formula is C17H23N3OS. The summed E-state index contributed by atoms with van der Waals surface area (Å²) in [5.41, 5.74) is 2.02. The summed E-state index contributed by atoms with van der Waals surface area (Å²) in [7, 11) is 0. The van der Waals surface area contributed by atoms with Crippen molar-refractivity contribution in [2.45, 2.75) is 53.1 Å². The van der Waals surface area contributed by atoms with Crippen LogP contribution >= 0.6 is 11.3 Å². The molecular weight excluding hydrogens is 294 g/mol. The standard InChI is InChI=1S/C17H23N3OS/c1-5-12(2)20(11-15-6-8-18-9-7-15)17(21)10-16-13(3)22-14(4)19-16/h6-9,12H,5,10-11H2,1-4H3. The molecule has 4 nitrogen and oxygen atoms in total. The van der Waals surface area contributed by atoms with Crippen molar-refractivity contribution in [1.29, 1.82) is 0 Å². The Morgan fingerprint density at radius 1 is 1.32 bits per heavy atom. The van der Waals surface area contributed by atoms with Crippen LogP contribution in [0.25, 0.3) is 0 Å². The maximum Gasteiger partial charge on any atom is 0.229 e. The van der Waals surface area contributed by atoms with Crippen molar-refractivity contribution in [3.05, 3.63) is 45.7 Å². The maximum absolute atomic E-state index is 12.8. The van der Waals surface area contributed by atoms with Crippen molar-refractivity contribution in [2.24, 2.45) is 0 Å². The summed E-state index contributed by atoms with van der Waals surface area (Å²) >= 11 is 1.65. The number of aromatic nitrogens is 2. The molecule has 0 saturated carbocycles. The summed E-state index contributed by atoms with van der Waals surface area (Å²) in [5.74, 6) is 0.138. The molecule has 0 aromatic carbocycles. The van der Waals surface area contributed by atoms with Gasteiger partial charge in [0.25, 0.3) is 0 Å². The van der Waals surface area contributed by atoms with Gasteiger partial charge in [-0.1, -0.05) is 6.92 Å². The summed E-state index contributed by atoms with van der Waals surface area (Å²) in [6.45, 7) is 8.84. The van der Waals surface area contributed by atoms with Crippen LogP contribution in [0, 0.1) is 13.8 Å². The fourth-order valence-electron chi connectivity index (χ4n) is 2.38. The molecule has 0 aliphatic carbocycles. The van der Waals surface area contributed by atoms with Gasteiger partial charge >= 0.3 is 0 Å². The molecule has 0 spiro atoms. The van der Waals surface area contributed by atoms with Crippen LogP contribution in [0.1, 0.15) is 41.4 Å². The van der Waals surface area contributed by atoms with Gasteiger partial charge < -0.3 is 4.90 Å². The molecule has 2 aromatic heterocycles. The zero-order valence-electron chi connectivity index (χ0n) is 13.7. The number of carbonyl (C=O) groups excluding carboxylic acids is 1. The molecule has 0 fully saturated rings. The SMILES string of the molecule is CCC(C)N(Cc1ccncc1)C(=O)Cc1nc(C)sc1C. The summed E-state index contributed by atoms with van der Waals surface area (Å²) in [5, 5.41) is 1.02. The molecule has 0 radical (unpaired) electrons. The second-order valence-corrected chi connectivity index (χ2v) is 6.95. The minimum absolute atomic E-state index is 0.138. The van der Waals surface area contributed by atoms with Gasteiger partial charge in [0.2, 0.25) is 5.91 Å². The first-order valence-corrected chi connectivity index (χ1v) is 8.44. The van der Waals surface area contributed by atoms with Crippen molar-refractivity contribution >= 4 is 17.2 Å². The first-order valence-electron chi connectivity index (χ1n) is 7.62. The first-order chi connectivity index (χ1) is 10.5. The fraction of sp³-hybridized carbons (Fsp3) is 0.471. The molecule has 5 heteroatoms. The van der Waals surface area contributed by atoms with Crippen LogP contribution < -0.4 is 0 Å². The molecule has 2 aromatic rings. The maximum atomic E-state index is 12.8. The van der Waals surface area contributed by atoms with Crippen LogP contribution in [0.5, 0.6) is 0 Å². The van der Waals surface area contributed by atoms with Crippen molar-refractivity contribution in [3.63, 3.8) is 0 Å². The van der Waals surface area contributed by atoms with Gasteiger partial charge in [-0.3, -0.25) is 9.78 Å². The van der Waals surface area contributed by atoms with Crippen LogP contribution in [0.3, 0.4) is 0 Å². The lowest BCUT2D eigenvalue weighted by Gasteiger charge is -2.28. The van der Waals surface area contributed by atoms with Gasteiger partial charge in [-0.15, -0.1) is 11.3 Å². The van der Waals surface area contributed by atoms with E-state index in [4.69, 9.17) is 0 Å². The fourth-order valence-corrected chi connectivity index (χ4v) is 3.21. The zero-order valence-corrected chi connectivity index (χ0v) is 14.5. The number of thiazole rings is 1. The second kappa shape index (κ2) is 7.49. The van der Waals surface area contributed by atoms with Crippen LogP contribution in [-0.4, -0.2) is 26.8 Å². The number of amides is 1. The highest BCUT2D eigenvalue weighted by Gasteiger charge is 2.21. The zero-order chi connectivity index (χ0) is 16.1. The number of aryl methyl sites for hydroxylation is 2. The van der Waals surface area contributed by atoms with Crippen molar-refractivity contribution in [3.8, 4) is 0 Å². The van der Waals surface area contributed by atoms with E-state index in [1.54, 1.807) is 23.7 Å². The van der Waals surface area contributed by atoms with Gasteiger partial charge in [-0.2, -0.15) is 0 Å². The summed E-state index contributed by atoms with van der Waals surface area (Å²) < 4.78 is 0. The number of rotatable bonds is 6. The van der Waals surface area contributed by atoms with Crippen LogP contribution in [0.4, 0.5) is 0 Å². The predicted octanol–water partition coefficient (Wildman–Crippen LogP) is 3.52. The van der Waals surface area contributed by atoms with E-state index >= 15 is 0 Å². The first kappa shape index (κ1) is 16.6. The average Bonchev–Trinajstić information content (AvgIpc) is 2.82. The molecule has 1 atom stereocenters. The van der Waals surface area contributed by atoms with Gasteiger partial charge in [0.05, 0.1) is 17.1 Å². The normalized spacial score (nSPS) is 12.2. The van der Waals surface area contributed by atoms with E-state index in [-0.39, 0.29) is 11.9 Å². The van der Waals surface area contributed by atoms with E-state index in [0.29, 0.717) is 13.0 Å². The Kier molecular flexibility index (Phi) is 5.66. The molecule has 0 bridgehead atoms. The number of hydrogen-bond acceptors (Lipinski definition) is 4. The Labute approximate surface area is 136 Å². The Hall–Kier alpha value is -1.75. The summed E-state index contributed by atoms with van der Waals surface area (Å²) in [6, 6.07) is 4.13. The van der Waals surface area contributed by atoms with Gasteiger partial charge in [-0.05, 0) is 44.9 Å². The van der Waals surface area contributed by atoms with Gasteiger partial charge in [-0.25, -0.2) is 4.98 Å². The highest BCUT2D eigenvalue weighted by molar-refractivity contribution is 7.11. The molecule has 0 aliphatic heterocycles. The number of nitrogens with zero attached hydrogens (tertiary/aromatic N) is 3. The Morgan fingerprint density at radius 2 is 2.00 bits per heavy atom. The molecule has 118 valence electrons. The van der Waals surface area contributed by atoms with E-state index in [1.165, 1.54) is 0 Å². The topological polar surface area (TPSA) is 46.1 Å². The van der Waals surface area contributed by atoms with E-state index in [1.807, 2.05) is 30.9 Å². The van der Waals surface area contributed by atoms with E-state index < -0.39 is 0 Å². The minimum atomic E-state index is 0.138.